The molecule has 6 heteroatoms. The lowest BCUT2D eigenvalue weighted by molar-refractivity contribution is 0.0696. The molecule has 5 nitrogen and oxygen atoms in total. The normalized spacial score (nSPS) is 14.6. The van der Waals surface area contributed by atoms with Gasteiger partial charge in [0.2, 0.25) is 0 Å². The summed E-state index contributed by atoms with van der Waals surface area (Å²) in [6.07, 6.45) is 3.22. The van der Waals surface area contributed by atoms with Crippen molar-refractivity contribution in [2.24, 2.45) is 0 Å². The maximum Gasteiger partial charge on any atom is 0.336 e. The van der Waals surface area contributed by atoms with Crippen LogP contribution in [0.15, 0.2) is 22.7 Å². The Morgan fingerprint density at radius 1 is 1.42 bits per heavy atom. The summed E-state index contributed by atoms with van der Waals surface area (Å²) in [4.78, 5) is 24.6. The van der Waals surface area contributed by atoms with E-state index in [9.17, 15) is 9.59 Å². The lowest BCUT2D eigenvalue weighted by atomic mass is 9.92. The summed E-state index contributed by atoms with van der Waals surface area (Å²) < 4.78 is 0.491. The molecule has 1 aliphatic carbocycles. The third-order valence-corrected chi connectivity index (χ3v) is 4.08. The molecule has 0 heterocycles. The van der Waals surface area contributed by atoms with E-state index in [0.717, 1.165) is 19.3 Å². The van der Waals surface area contributed by atoms with E-state index in [2.05, 4.69) is 21.2 Å². The summed E-state index contributed by atoms with van der Waals surface area (Å²) in [5, 5.41) is 11.7. The zero-order chi connectivity index (χ0) is 14.0. The van der Waals surface area contributed by atoms with Gasteiger partial charge in [-0.15, -0.1) is 0 Å². The number of carbonyl (C=O) groups is 2. The van der Waals surface area contributed by atoms with Gasteiger partial charge in [-0.25, -0.2) is 9.59 Å². The molecule has 0 bridgehead atoms. The third kappa shape index (κ3) is 3.07. The van der Waals surface area contributed by atoms with Gasteiger partial charge in [-0.3, -0.25) is 0 Å². The van der Waals surface area contributed by atoms with Gasteiger partial charge in [0.15, 0.2) is 0 Å². The molecule has 0 atom stereocenters. The van der Waals surface area contributed by atoms with E-state index in [0.29, 0.717) is 16.2 Å². The fourth-order valence-corrected chi connectivity index (χ4v) is 2.33. The van der Waals surface area contributed by atoms with Crippen molar-refractivity contribution in [2.45, 2.75) is 25.3 Å². The zero-order valence-electron chi connectivity index (χ0n) is 10.5. The van der Waals surface area contributed by atoms with Crippen LogP contribution < -0.4 is 5.32 Å². The highest BCUT2D eigenvalue weighted by Crippen LogP contribution is 2.25. The van der Waals surface area contributed by atoms with Gasteiger partial charge in [-0.05, 0) is 53.4 Å². The van der Waals surface area contributed by atoms with Gasteiger partial charge in [-0.2, -0.15) is 0 Å². The average molecular weight is 327 g/mol. The highest BCUT2D eigenvalue weighted by Gasteiger charge is 2.25. The van der Waals surface area contributed by atoms with Crippen LogP contribution in [0.1, 0.15) is 29.6 Å². The topological polar surface area (TPSA) is 69.6 Å². The fraction of sp³-hybridized carbons (Fsp3) is 0.385. The highest BCUT2D eigenvalue weighted by atomic mass is 79.9. The first-order chi connectivity index (χ1) is 8.99. The first-order valence-corrected chi connectivity index (χ1v) is 6.85. The molecule has 0 aliphatic heterocycles. The number of carboxylic acid groups (broad SMARTS) is 1. The Morgan fingerprint density at radius 2 is 2.11 bits per heavy atom. The van der Waals surface area contributed by atoms with Crippen LogP contribution in [0.2, 0.25) is 0 Å². The van der Waals surface area contributed by atoms with Crippen LogP contribution >= 0.6 is 15.9 Å². The van der Waals surface area contributed by atoms with Crippen LogP contribution in [-0.4, -0.2) is 35.1 Å². The fourth-order valence-electron chi connectivity index (χ4n) is 1.92. The number of carbonyl (C=O) groups excluding carboxylic acids is 1. The molecule has 2 amide bonds. The molecule has 1 fully saturated rings. The number of aromatic carboxylic acids is 1. The Hall–Kier alpha value is -1.56. The molecule has 1 saturated carbocycles. The Bertz CT molecular complexity index is 515. The molecule has 1 aromatic carbocycles. The van der Waals surface area contributed by atoms with E-state index in [1.54, 1.807) is 24.1 Å². The van der Waals surface area contributed by atoms with Crippen LogP contribution in [0.4, 0.5) is 10.5 Å². The minimum atomic E-state index is -1.03. The molecule has 2 rings (SSSR count). The average Bonchev–Trinajstić information content (AvgIpc) is 2.28. The van der Waals surface area contributed by atoms with Gasteiger partial charge in [-0.1, -0.05) is 0 Å². The molecular formula is C13H15BrN2O3. The number of benzene rings is 1. The summed E-state index contributed by atoms with van der Waals surface area (Å²) in [7, 11) is 1.76. The number of carboxylic acids is 1. The lowest BCUT2D eigenvalue weighted by Crippen LogP contribution is -2.43. The van der Waals surface area contributed by atoms with Gasteiger partial charge in [0.25, 0.3) is 0 Å². The maximum atomic E-state index is 12.0. The van der Waals surface area contributed by atoms with Crippen molar-refractivity contribution in [3.8, 4) is 0 Å². The van der Waals surface area contributed by atoms with Crippen molar-refractivity contribution in [2.75, 3.05) is 12.4 Å². The van der Waals surface area contributed by atoms with Crippen LogP contribution in [0.25, 0.3) is 0 Å². The Balaban J connectivity index is 2.08. The van der Waals surface area contributed by atoms with Gasteiger partial charge in [0.1, 0.15) is 0 Å². The third-order valence-electron chi connectivity index (χ3n) is 3.39. The smallest absolute Gasteiger partial charge is 0.336 e. The van der Waals surface area contributed by atoms with Crippen molar-refractivity contribution in [1.29, 1.82) is 0 Å². The SMILES string of the molecule is CN(C(=O)Nc1ccc(Br)c(C(=O)O)c1)C1CCC1. The molecule has 0 aromatic heterocycles. The van der Waals surface area contributed by atoms with E-state index in [-0.39, 0.29) is 11.6 Å². The minimum absolute atomic E-state index is 0.129. The van der Waals surface area contributed by atoms with E-state index in [1.807, 2.05) is 0 Å². The summed E-state index contributed by atoms with van der Waals surface area (Å²) in [5.41, 5.74) is 0.612. The van der Waals surface area contributed by atoms with Crippen molar-refractivity contribution >= 4 is 33.6 Å². The van der Waals surface area contributed by atoms with E-state index in [4.69, 9.17) is 5.11 Å². The van der Waals surface area contributed by atoms with Gasteiger partial charge in [0.05, 0.1) is 5.56 Å². The largest absolute Gasteiger partial charge is 0.478 e. The van der Waals surface area contributed by atoms with Crippen molar-refractivity contribution in [1.82, 2.24) is 4.90 Å². The minimum Gasteiger partial charge on any atom is -0.478 e. The quantitative estimate of drug-likeness (QED) is 0.896. The number of amides is 2. The van der Waals surface area contributed by atoms with E-state index < -0.39 is 5.97 Å². The van der Waals surface area contributed by atoms with Gasteiger partial charge in [0, 0.05) is 23.2 Å². The molecule has 1 aromatic rings. The molecule has 0 radical (unpaired) electrons. The van der Waals surface area contributed by atoms with Gasteiger partial charge < -0.3 is 15.3 Å². The first kappa shape index (κ1) is 13.9. The second kappa shape index (κ2) is 5.61. The Labute approximate surface area is 119 Å². The van der Waals surface area contributed by atoms with Crippen LogP contribution in [-0.2, 0) is 0 Å². The summed E-state index contributed by atoms with van der Waals surface area (Å²) in [5.74, 6) is -1.03. The number of hydrogen-bond acceptors (Lipinski definition) is 2. The molecule has 1 aliphatic rings. The van der Waals surface area contributed by atoms with Crippen molar-refractivity contribution < 1.29 is 14.7 Å². The number of hydrogen-bond donors (Lipinski definition) is 2. The second-order valence-corrected chi connectivity index (χ2v) is 5.48. The van der Waals surface area contributed by atoms with Gasteiger partial charge >= 0.3 is 12.0 Å². The highest BCUT2D eigenvalue weighted by molar-refractivity contribution is 9.10. The zero-order valence-corrected chi connectivity index (χ0v) is 12.1. The number of nitrogens with zero attached hydrogens (tertiary/aromatic N) is 1. The van der Waals surface area contributed by atoms with Crippen molar-refractivity contribution in [3.05, 3.63) is 28.2 Å². The number of urea groups is 1. The molecular weight excluding hydrogens is 312 g/mol. The maximum absolute atomic E-state index is 12.0. The Morgan fingerprint density at radius 3 is 2.63 bits per heavy atom. The van der Waals surface area contributed by atoms with E-state index >= 15 is 0 Å². The van der Waals surface area contributed by atoms with Crippen LogP contribution in [0.3, 0.4) is 0 Å². The Kier molecular flexibility index (Phi) is 4.09. The summed E-state index contributed by atoms with van der Waals surface area (Å²) in [6, 6.07) is 4.82. The lowest BCUT2D eigenvalue weighted by Gasteiger charge is -2.34. The number of halogens is 1. The molecule has 0 unspecified atom stereocenters. The molecule has 0 spiro atoms. The first-order valence-electron chi connectivity index (χ1n) is 6.05. The molecule has 2 N–H and O–H groups in total. The molecule has 19 heavy (non-hydrogen) atoms. The number of anilines is 1. The van der Waals surface area contributed by atoms with Crippen LogP contribution in [0.5, 0.6) is 0 Å². The van der Waals surface area contributed by atoms with E-state index in [1.165, 1.54) is 6.07 Å². The summed E-state index contributed by atoms with van der Waals surface area (Å²) >= 11 is 3.17. The summed E-state index contributed by atoms with van der Waals surface area (Å²) in [6.45, 7) is 0. The standard InChI is InChI=1S/C13H15BrN2O3/c1-16(9-3-2-4-9)13(19)15-8-5-6-11(14)10(7-8)12(17)18/h5-7,9H,2-4H2,1H3,(H,15,19)(H,17,18). The van der Waals surface area contributed by atoms with Crippen LogP contribution in [0, 0.1) is 0 Å². The van der Waals surface area contributed by atoms with Crippen molar-refractivity contribution in [3.63, 3.8) is 0 Å². The molecule has 102 valence electrons. The monoisotopic (exact) mass is 326 g/mol. The second-order valence-electron chi connectivity index (χ2n) is 4.63. The molecule has 0 saturated heterocycles. The number of nitrogens with one attached hydrogen (secondary N) is 1. The predicted octanol–water partition coefficient (Wildman–Crippen LogP) is 3.16. The number of rotatable bonds is 3. The predicted molar refractivity (Wildman–Crippen MR) is 75.5 cm³/mol.